The number of piperidine rings is 1. The van der Waals surface area contributed by atoms with Crippen LogP contribution in [0.1, 0.15) is 52.4 Å². The first-order chi connectivity index (χ1) is 11.1. The average molecular weight is 321 g/mol. The molecule has 0 radical (unpaired) electrons. The first-order valence-corrected chi connectivity index (χ1v) is 9.42. The van der Waals surface area contributed by atoms with Crippen LogP contribution in [0.4, 0.5) is 0 Å². The Kier molecular flexibility index (Phi) is 5.24. The molecule has 5 heteroatoms. The van der Waals surface area contributed by atoms with Crippen LogP contribution in [0.2, 0.25) is 0 Å². The van der Waals surface area contributed by atoms with E-state index < -0.39 is 0 Å². The number of likely N-dealkylation sites (tertiary alicyclic amines) is 2. The van der Waals surface area contributed by atoms with Crippen LogP contribution >= 0.6 is 0 Å². The molecule has 0 aromatic heterocycles. The van der Waals surface area contributed by atoms with Gasteiger partial charge in [0.2, 0.25) is 11.8 Å². The van der Waals surface area contributed by atoms with Gasteiger partial charge in [0.1, 0.15) is 0 Å². The lowest BCUT2D eigenvalue weighted by Gasteiger charge is -2.36. The van der Waals surface area contributed by atoms with E-state index in [-0.39, 0.29) is 23.7 Å². The van der Waals surface area contributed by atoms with Crippen LogP contribution < -0.4 is 5.32 Å². The lowest BCUT2D eigenvalue weighted by atomic mass is 9.94. The minimum absolute atomic E-state index is 0.00776. The molecule has 0 aromatic rings. The zero-order chi connectivity index (χ0) is 16.4. The highest BCUT2D eigenvalue weighted by Crippen LogP contribution is 2.25. The van der Waals surface area contributed by atoms with Crippen molar-refractivity contribution in [2.24, 2.45) is 11.8 Å². The predicted molar refractivity (Wildman–Crippen MR) is 89.9 cm³/mol. The van der Waals surface area contributed by atoms with Crippen LogP contribution in [0.25, 0.3) is 0 Å². The molecule has 0 aromatic carbocycles. The summed E-state index contributed by atoms with van der Waals surface area (Å²) in [4.78, 5) is 29.4. The average Bonchev–Trinajstić information content (AvgIpc) is 2.92. The van der Waals surface area contributed by atoms with Gasteiger partial charge in [-0.25, -0.2) is 0 Å². The third-order valence-electron chi connectivity index (χ3n) is 5.95. The molecular weight excluding hydrogens is 290 g/mol. The molecule has 2 amide bonds. The molecule has 0 saturated carbocycles. The standard InChI is InChI=1S/C18H31N3O2/c1-3-13(2)17(22)20-9-4-5-14(11-20)18(23)21-10-8-15-6-7-16(12-21)19-15/h13-16,19H,3-12H2,1-2H3. The SMILES string of the molecule is CCC(C)C(=O)N1CCCC(C(=O)N2CCC3CCC(C2)N3)C1. The fourth-order valence-electron chi connectivity index (χ4n) is 4.27. The quantitative estimate of drug-likeness (QED) is 0.859. The summed E-state index contributed by atoms with van der Waals surface area (Å²) in [6.45, 7) is 7.21. The van der Waals surface area contributed by atoms with Gasteiger partial charge in [-0.2, -0.15) is 0 Å². The van der Waals surface area contributed by atoms with Gasteiger partial charge >= 0.3 is 0 Å². The lowest BCUT2D eigenvalue weighted by molar-refractivity contribution is -0.142. The topological polar surface area (TPSA) is 52.7 Å². The van der Waals surface area contributed by atoms with Gasteiger partial charge < -0.3 is 15.1 Å². The summed E-state index contributed by atoms with van der Waals surface area (Å²) in [7, 11) is 0. The first-order valence-electron chi connectivity index (χ1n) is 9.42. The number of hydrogen-bond acceptors (Lipinski definition) is 3. The van der Waals surface area contributed by atoms with Crippen molar-refractivity contribution in [3.05, 3.63) is 0 Å². The highest BCUT2D eigenvalue weighted by atomic mass is 16.2. The molecule has 4 unspecified atom stereocenters. The van der Waals surface area contributed by atoms with Crippen LogP contribution in [0.15, 0.2) is 0 Å². The Hall–Kier alpha value is -1.10. The molecule has 3 saturated heterocycles. The Morgan fingerprint density at radius 1 is 1.04 bits per heavy atom. The molecule has 23 heavy (non-hydrogen) atoms. The molecule has 130 valence electrons. The molecule has 3 fully saturated rings. The Labute approximate surface area is 139 Å². The Balaban J connectivity index is 1.59. The van der Waals surface area contributed by atoms with E-state index in [2.05, 4.69) is 17.1 Å². The van der Waals surface area contributed by atoms with Gasteiger partial charge in [-0.05, 0) is 38.5 Å². The van der Waals surface area contributed by atoms with Crippen molar-refractivity contribution in [2.45, 2.75) is 64.5 Å². The number of hydrogen-bond donors (Lipinski definition) is 1. The molecule has 2 bridgehead atoms. The third-order valence-corrected chi connectivity index (χ3v) is 5.95. The minimum atomic E-state index is 0.00776. The van der Waals surface area contributed by atoms with E-state index in [0.29, 0.717) is 18.6 Å². The summed E-state index contributed by atoms with van der Waals surface area (Å²) in [5.41, 5.74) is 0. The van der Waals surface area contributed by atoms with Crippen molar-refractivity contribution in [2.75, 3.05) is 26.2 Å². The van der Waals surface area contributed by atoms with E-state index in [1.807, 2.05) is 11.8 Å². The highest BCUT2D eigenvalue weighted by Gasteiger charge is 2.36. The van der Waals surface area contributed by atoms with Gasteiger partial charge in [-0.15, -0.1) is 0 Å². The molecule has 3 aliphatic rings. The zero-order valence-corrected chi connectivity index (χ0v) is 14.6. The van der Waals surface area contributed by atoms with Gasteiger partial charge in [-0.3, -0.25) is 9.59 Å². The maximum absolute atomic E-state index is 12.9. The van der Waals surface area contributed by atoms with Gasteiger partial charge in [0.25, 0.3) is 0 Å². The summed E-state index contributed by atoms with van der Waals surface area (Å²) < 4.78 is 0. The molecule has 0 aliphatic carbocycles. The number of carbonyl (C=O) groups excluding carboxylic acids is 2. The van der Waals surface area contributed by atoms with E-state index in [4.69, 9.17) is 0 Å². The summed E-state index contributed by atoms with van der Waals surface area (Å²) in [5, 5.41) is 3.63. The van der Waals surface area contributed by atoms with Crippen molar-refractivity contribution < 1.29 is 9.59 Å². The monoisotopic (exact) mass is 321 g/mol. The van der Waals surface area contributed by atoms with Crippen molar-refractivity contribution in [1.82, 2.24) is 15.1 Å². The number of nitrogens with zero attached hydrogens (tertiary/aromatic N) is 2. The second kappa shape index (κ2) is 7.20. The van der Waals surface area contributed by atoms with E-state index in [9.17, 15) is 9.59 Å². The van der Waals surface area contributed by atoms with Crippen LogP contribution in [-0.2, 0) is 9.59 Å². The van der Waals surface area contributed by atoms with E-state index in [1.54, 1.807) is 0 Å². The molecule has 3 rings (SSSR count). The number of nitrogens with one attached hydrogen (secondary N) is 1. The number of fused-ring (bicyclic) bond motifs is 2. The molecule has 1 N–H and O–H groups in total. The second-order valence-corrected chi connectivity index (χ2v) is 7.64. The largest absolute Gasteiger partial charge is 0.342 e. The summed E-state index contributed by atoms with van der Waals surface area (Å²) in [6.07, 6.45) is 6.28. The minimum Gasteiger partial charge on any atom is -0.342 e. The van der Waals surface area contributed by atoms with E-state index >= 15 is 0 Å². The van der Waals surface area contributed by atoms with Gasteiger partial charge in [0.15, 0.2) is 0 Å². The molecular formula is C18H31N3O2. The Bertz CT molecular complexity index is 454. The van der Waals surface area contributed by atoms with Crippen molar-refractivity contribution in [3.8, 4) is 0 Å². The smallest absolute Gasteiger partial charge is 0.227 e. The fourth-order valence-corrected chi connectivity index (χ4v) is 4.27. The Morgan fingerprint density at radius 3 is 2.61 bits per heavy atom. The maximum atomic E-state index is 12.9. The molecule has 0 spiro atoms. The van der Waals surface area contributed by atoms with Crippen molar-refractivity contribution >= 4 is 11.8 Å². The molecule has 3 aliphatic heterocycles. The Morgan fingerprint density at radius 2 is 1.83 bits per heavy atom. The first kappa shape index (κ1) is 16.7. The van der Waals surface area contributed by atoms with E-state index in [0.717, 1.165) is 45.3 Å². The van der Waals surface area contributed by atoms with Gasteiger partial charge in [0, 0.05) is 44.2 Å². The third kappa shape index (κ3) is 3.70. The fraction of sp³-hybridized carbons (Fsp3) is 0.889. The van der Waals surface area contributed by atoms with Crippen LogP contribution in [0.5, 0.6) is 0 Å². The molecule has 5 nitrogen and oxygen atoms in total. The number of carbonyl (C=O) groups is 2. The van der Waals surface area contributed by atoms with Crippen LogP contribution in [0.3, 0.4) is 0 Å². The summed E-state index contributed by atoms with van der Waals surface area (Å²) in [6, 6.07) is 1.08. The predicted octanol–water partition coefficient (Wildman–Crippen LogP) is 1.62. The van der Waals surface area contributed by atoms with Gasteiger partial charge in [-0.1, -0.05) is 13.8 Å². The highest BCUT2D eigenvalue weighted by molar-refractivity contribution is 5.82. The van der Waals surface area contributed by atoms with Crippen LogP contribution in [-0.4, -0.2) is 59.9 Å². The summed E-state index contributed by atoms with van der Waals surface area (Å²) in [5.74, 6) is 0.581. The second-order valence-electron chi connectivity index (χ2n) is 7.64. The van der Waals surface area contributed by atoms with E-state index in [1.165, 1.54) is 12.8 Å². The maximum Gasteiger partial charge on any atom is 0.227 e. The zero-order valence-electron chi connectivity index (χ0n) is 14.6. The van der Waals surface area contributed by atoms with Crippen molar-refractivity contribution in [3.63, 3.8) is 0 Å². The number of amides is 2. The number of rotatable bonds is 3. The lowest BCUT2D eigenvalue weighted by Crippen LogP contribution is -2.49. The van der Waals surface area contributed by atoms with Crippen molar-refractivity contribution in [1.29, 1.82) is 0 Å². The summed E-state index contributed by atoms with van der Waals surface area (Å²) >= 11 is 0. The van der Waals surface area contributed by atoms with Crippen LogP contribution in [0, 0.1) is 11.8 Å². The normalized spacial score (nSPS) is 32.5. The van der Waals surface area contributed by atoms with Gasteiger partial charge in [0.05, 0.1) is 5.92 Å². The molecule has 4 atom stereocenters. The molecule has 3 heterocycles.